The van der Waals surface area contributed by atoms with Gasteiger partial charge in [-0.25, -0.2) is 0 Å². The number of fused-ring (bicyclic) bond motifs is 5. The average molecular weight is 613 g/mol. The van der Waals surface area contributed by atoms with E-state index in [0.717, 1.165) is 57.8 Å². The van der Waals surface area contributed by atoms with E-state index >= 15 is 0 Å². The van der Waals surface area contributed by atoms with Gasteiger partial charge in [-0.15, -0.1) is 0 Å². The van der Waals surface area contributed by atoms with Crippen molar-refractivity contribution >= 4 is 17.5 Å². The van der Waals surface area contributed by atoms with Crippen LogP contribution in [-0.2, 0) is 19.1 Å². The minimum atomic E-state index is -1.42. The summed E-state index contributed by atoms with van der Waals surface area (Å²) in [5, 5.41) is 11.9. The maximum atomic E-state index is 13.5. The molecule has 0 bridgehead atoms. The third-order valence-corrected chi connectivity index (χ3v) is 12.9. The lowest BCUT2D eigenvalue weighted by molar-refractivity contribution is -0.170. The number of allylic oxidation sites excluding steroid dienone is 1. The smallest absolute Gasteiger partial charge is 0.306 e. The standard InChI is InChI=1S/C39H64O5/c1-4-5-6-7-8-9-10-11-12-13-14-15-16-17-18-19-36(42)44-29-35(41)39(43)27-24-34-32-21-20-30-28-31(40)22-25-37(30,2)33(32)23-26-38(34,39)3/h28,32-34,43H,4-27,29H2,1-3H3/t32-,33+,34+,37-,38-,39+/m0/s1. The van der Waals surface area contributed by atoms with Crippen LogP contribution in [0, 0.1) is 28.6 Å². The summed E-state index contributed by atoms with van der Waals surface area (Å²) in [6.45, 7) is 6.44. The first kappa shape index (κ1) is 35.4. The van der Waals surface area contributed by atoms with E-state index in [9.17, 15) is 19.5 Å². The number of carbonyl (C=O) groups excluding carboxylic acids is 3. The van der Waals surface area contributed by atoms with E-state index in [0.29, 0.717) is 37.0 Å². The second-order valence-corrected chi connectivity index (χ2v) is 15.6. The van der Waals surface area contributed by atoms with E-state index in [1.165, 1.54) is 82.6 Å². The van der Waals surface area contributed by atoms with Crippen molar-refractivity contribution in [3.63, 3.8) is 0 Å². The molecule has 0 spiro atoms. The summed E-state index contributed by atoms with van der Waals surface area (Å²) < 4.78 is 5.44. The van der Waals surface area contributed by atoms with E-state index in [1.807, 2.05) is 6.08 Å². The Labute approximate surface area is 268 Å². The zero-order valence-electron chi connectivity index (χ0n) is 28.6. The SMILES string of the molecule is CCCCCCCCCCCCCCCCCC(=O)OCC(=O)[C@]1(O)CC[C@@H]2[C@H]3CCC4=CC(=O)CC[C@]4(C)[C@@H]3CC[C@@]21C. The van der Waals surface area contributed by atoms with Crippen molar-refractivity contribution in [2.75, 3.05) is 6.61 Å². The van der Waals surface area contributed by atoms with Gasteiger partial charge in [0.05, 0.1) is 0 Å². The molecule has 5 heteroatoms. The normalized spacial score (nSPS) is 32.9. The Kier molecular flexibility index (Phi) is 13.2. The molecular formula is C39H64O5. The Morgan fingerprint density at radius 2 is 1.34 bits per heavy atom. The van der Waals surface area contributed by atoms with Crippen LogP contribution in [0.15, 0.2) is 11.6 Å². The summed E-state index contributed by atoms with van der Waals surface area (Å²) >= 11 is 0. The number of unbranched alkanes of at least 4 members (excludes halogenated alkanes) is 14. The van der Waals surface area contributed by atoms with Gasteiger partial charge in [0.25, 0.3) is 0 Å². The van der Waals surface area contributed by atoms with Gasteiger partial charge in [-0.1, -0.05) is 116 Å². The molecule has 5 nitrogen and oxygen atoms in total. The molecule has 250 valence electrons. The van der Waals surface area contributed by atoms with Crippen LogP contribution in [0.4, 0.5) is 0 Å². The van der Waals surface area contributed by atoms with Crippen molar-refractivity contribution < 1.29 is 24.2 Å². The minimum Gasteiger partial charge on any atom is -0.458 e. The molecule has 4 aliphatic rings. The molecule has 0 aromatic rings. The van der Waals surface area contributed by atoms with Crippen LogP contribution in [-0.4, -0.2) is 34.9 Å². The fourth-order valence-electron chi connectivity index (χ4n) is 10.0. The van der Waals surface area contributed by atoms with Gasteiger partial charge in [-0.2, -0.15) is 0 Å². The first-order valence-corrected chi connectivity index (χ1v) is 18.8. The quantitative estimate of drug-likeness (QED) is 0.116. The van der Waals surface area contributed by atoms with Crippen molar-refractivity contribution in [1.82, 2.24) is 0 Å². The summed E-state index contributed by atoms with van der Waals surface area (Å²) in [4.78, 5) is 38.0. The van der Waals surface area contributed by atoms with Crippen molar-refractivity contribution in [3.05, 3.63) is 11.6 Å². The molecule has 6 atom stereocenters. The van der Waals surface area contributed by atoms with Crippen LogP contribution in [0.3, 0.4) is 0 Å². The van der Waals surface area contributed by atoms with Crippen molar-refractivity contribution in [2.45, 2.75) is 180 Å². The number of hydrogen-bond donors (Lipinski definition) is 1. The number of rotatable bonds is 19. The zero-order chi connectivity index (χ0) is 31.6. The summed E-state index contributed by atoms with van der Waals surface area (Å²) in [5.74, 6) is 0.925. The Bertz CT molecular complexity index is 1000. The second kappa shape index (κ2) is 16.4. The van der Waals surface area contributed by atoms with Gasteiger partial charge in [0.15, 0.2) is 12.4 Å². The maximum absolute atomic E-state index is 13.5. The van der Waals surface area contributed by atoms with E-state index in [2.05, 4.69) is 20.8 Å². The Morgan fingerprint density at radius 3 is 1.95 bits per heavy atom. The van der Waals surface area contributed by atoms with Crippen molar-refractivity contribution in [3.8, 4) is 0 Å². The van der Waals surface area contributed by atoms with Gasteiger partial charge < -0.3 is 9.84 Å². The third kappa shape index (κ3) is 8.07. The van der Waals surface area contributed by atoms with Crippen LogP contribution in [0.1, 0.15) is 175 Å². The lowest BCUT2D eigenvalue weighted by atomic mass is 9.46. The second-order valence-electron chi connectivity index (χ2n) is 15.6. The van der Waals surface area contributed by atoms with Crippen LogP contribution >= 0.6 is 0 Å². The van der Waals surface area contributed by atoms with Crippen LogP contribution in [0.5, 0.6) is 0 Å². The Balaban J connectivity index is 1.10. The van der Waals surface area contributed by atoms with Crippen molar-refractivity contribution in [2.24, 2.45) is 28.6 Å². The number of ether oxygens (including phenoxy) is 1. The van der Waals surface area contributed by atoms with Gasteiger partial charge in [-0.05, 0) is 80.6 Å². The number of hydrogen-bond acceptors (Lipinski definition) is 5. The molecular weight excluding hydrogens is 548 g/mol. The number of aliphatic hydroxyl groups is 1. The number of carbonyl (C=O) groups is 3. The highest BCUT2D eigenvalue weighted by molar-refractivity contribution is 5.92. The summed E-state index contributed by atoms with van der Waals surface area (Å²) in [5.41, 5.74) is -0.486. The molecule has 0 aromatic heterocycles. The molecule has 0 amide bonds. The summed E-state index contributed by atoms with van der Waals surface area (Å²) in [6, 6.07) is 0. The minimum absolute atomic E-state index is 0.0748. The van der Waals surface area contributed by atoms with Gasteiger partial charge in [0.2, 0.25) is 5.78 Å². The predicted octanol–water partition coefficient (Wildman–Crippen LogP) is 9.62. The fourth-order valence-corrected chi connectivity index (χ4v) is 10.0. The van der Waals surface area contributed by atoms with Gasteiger partial charge in [-0.3, -0.25) is 14.4 Å². The Morgan fingerprint density at radius 1 is 0.773 bits per heavy atom. The number of Topliss-reactive ketones (excluding diaryl/α,β-unsaturated/α-hetero) is 1. The first-order valence-electron chi connectivity index (χ1n) is 18.8. The topological polar surface area (TPSA) is 80.7 Å². The molecule has 0 unspecified atom stereocenters. The fraction of sp³-hybridized carbons (Fsp3) is 0.872. The molecule has 0 saturated heterocycles. The Hall–Kier alpha value is -1.49. The van der Waals surface area contributed by atoms with Crippen molar-refractivity contribution in [1.29, 1.82) is 0 Å². The average Bonchev–Trinajstić information content (AvgIpc) is 3.29. The summed E-state index contributed by atoms with van der Waals surface area (Å²) in [7, 11) is 0. The van der Waals surface area contributed by atoms with Gasteiger partial charge >= 0.3 is 5.97 Å². The van der Waals surface area contributed by atoms with E-state index in [4.69, 9.17) is 4.74 Å². The molecule has 44 heavy (non-hydrogen) atoms. The molecule has 0 heterocycles. The molecule has 0 radical (unpaired) electrons. The van der Waals surface area contributed by atoms with Gasteiger partial charge in [0, 0.05) is 18.3 Å². The number of ketones is 2. The van der Waals surface area contributed by atoms with E-state index in [-0.39, 0.29) is 29.6 Å². The molecule has 0 aromatic carbocycles. The van der Waals surface area contributed by atoms with Crippen LogP contribution < -0.4 is 0 Å². The zero-order valence-corrected chi connectivity index (χ0v) is 28.6. The molecule has 4 aliphatic carbocycles. The lowest BCUT2D eigenvalue weighted by Gasteiger charge is -2.58. The highest BCUT2D eigenvalue weighted by Gasteiger charge is 2.66. The monoisotopic (exact) mass is 612 g/mol. The van der Waals surface area contributed by atoms with Gasteiger partial charge in [0.1, 0.15) is 5.60 Å². The molecule has 4 rings (SSSR count). The predicted molar refractivity (Wildman–Crippen MR) is 177 cm³/mol. The van der Waals surface area contributed by atoms with Crippen LogP contribution in [0.2, 0.25) is 0 Å². The molecule has 0 aliphatic heterocycles. The third-order valence-electron chi connectivity index (χ3n) is 12.9. The van der Waals surface area contributed by atoms with Crippen LogP contribution in [0.25, 0.3) is 0 Å². The maximum Gasteiger partial charge on any atom is 0.306 e. The van der Waals surface area contributed by atoms with E-state index in [1.54, 1.807) is 0 Å². The lowest BCUT2D eigenvalue weighted by Crippen LogP contribution is -2.58. The first-order chi connectivity index (χ1) is 21.2. The van der Waals surface area contributed by atoms with E-state index < -0.39 is 11.0 Å². The molecule has 1 N–H and O–H groups in total. The highest BCUT2D eigenvalue weighted by Crippen LogP contribution is 2.67. The summed E-state index contributed by atoms with van der Waals surface area (Å²) in [6.07, 6.45) is 28.2. The largest absolute Gasteiger partial charge is 0.458 e. The molecule has 3 saturated carbocycles. The number of esters is 1. The highest BCUT2D eigenvalue weighted by atomic mass is 16.5. The molecule has 3 fully saturated rings.